The number of fused-ring (bicyclic) bond motifs is 2. The molecule has 5 N–H and O–H groups in total. The van der Waals surface area contributed by atoms with Crippen molar-refractivity contribution in [1.29, 1.82) is 0 Å². The number of carbonyl (C=O) groups excluding carboxylic acids is 3. The van der Waals surface area contributed by atoms with Gasteiger partial charge in [-0.25, -0.2) is 5.48 Å². The van der Waals surface area contributed by atoms with E-state index in [4.69, 9.17) is 14.7 Å². The quantitative estimate of drug-likeness (QED) is 0.139. The molecule has 1 aromatic heterocycles. The molecule has 1 unspecified atom stereocenters. The largest absolute Gasteiger partial charge is 0.454 e. The third-order valence-corrected chi connectivity index (χ3v) is 6.07. The summed E-state index contributed by atoms with van der Waals surface area (Å²) in [5.74, 6) is -0.294. The van der Waals surface area contributed by atoms with Gasteiger partial charge in [-0.05, 0) is 59.7 Å². The minimum Gasteiger partial charge on any atom is -0.454 e. The molecule has 0 radical (unpaired) electrons. The third-order valence-electron chi connectivity index (χ3n) is 6.07. The number of amides is 3. The van der Waals surface area contributed by atoms with Crippen LogP contribution in [0.1, 0.15) is 21.5 Å². The Labute approximate surface area is 217 Å². The number of anilines is 1. The van der Waals surface area contributed by atoms with E-state index in [0.717, 1.165) is 22.0 Å². The van der Waals surface area contributed by atoms with E-state index in [2.05, 4.69) is 15.6 Å². The summed E-state index contributed by atoms with van der Waals surface area (Å²) in [5.41, 5.74) is 4.75. The Balaban J connectivity index is 1.33. The third kappa shape index (κ3) is 5.50. The molecule has 10 nitrogen and oxygen atoms in total. The number of H-pyrrole nitrogens is 1. The molecule has 1 aliphatic heterocycles. The number of carbonyl (C=O) groups is 3. The van der Waals surface area contributed by atoms with Crippen molar-refractivity contribution in [2.24, 2.45) is 0 Å². The van der Waals surface area contributed by atoms with Gasteiger partial charge < -0.3 is 25.1 Å². The summed E-state index contributed by atoms with van der Waals surface area (Å²) in [6, 6.07) is 18.1. The van der Waals surface area contributed by atoms with Crippen LogP contribution in [-0.2, 0) is 16.0 Å². The molecule has 192 valence electrons. The summed E-state index contributed by atoms with van der Waals surface area (Å²) in [7, 11) is 0. The number of aromatic amines is 1. The van der Waals surface area contributed by atoms with Crippen molar-refractivity contribution in [1.82, 2.24) is 15.8 Å². The monoisotopic (exact) mass is 512 g/mol. The molecule has 0 spiro atoms. The van der Waals surface area contributed by atoms with Crippen LogP contribution in [0.2, 0.25) is 0 Å². The second-order valence-corrected chi connectivity index (χ2v) is 8.58. The van der Waals surface area contributed by atoms with E-state index >= 15 is 0 Å². The fourth-order valence-corrected chi connectivity index (χ4v) is 4.14. The van der Waals surface area contributed by atoms with Crippen LogP contribution in [0.15, 0.2) is 79.0 Å². The molecule has 5 rings (SSSR count). The topological polar surface area (TPSA) is 142 Å². The summed E-state index contributed by atoms with van der Waals surface area (Å²) in [6.07, 6.45) is 5.05. The SMILES string of the molecule is O=C(/C=C/c1ccc2c(c1)OCO2)NC(Cc1c[nH]c2ccccc12)C(=O)Nc1ccc(C(=O)NO)cc1. The van der Waals surface area contributed by atoms with Gasteiger partial charge in [0, 0.05) is 40.8 Å². The molecule has 0 aliphatic carbocycles. The van der Waals surface area contributed by atoms with Gasteiger partial charge in [-0.2, -0.15) is 0 Å². The van der Waals surface area contributed by atoms with E-state index in [1.54, 1.807) is 29.8 Å². The summed E-state index contributed by atoms with van der Waals surface area (Å²) >= 11 is 0. The normalized spacial score (nSPS) is 12.9. The summed E-state index contributed by atoms with van der Waals surface area (Å²) in [6.45, 7) is 0.158. The number of para-hydroxylation sites is 1. The summed E-state index contributed by atoms with van der Waals surface area (Å²) in [4.78, 5) is 40.9. The van der Waals surface area contributed by atoms with Gasteiger partial charge in [0.1, 0.15) is 6.04 Å². The molecule has 3 amide bonds. The second kappa shape index (κ2) is 10.9. The molecule has 38 heavy (non-hydrogen) atoms. The fraction of sp³-hybridized carbons (Fsp3) is 0.107. The Kier molecular flexibility index (Phi) is 7.05. The number of aromatic nitrogens is 1. The van der Waals surface area contributed by atoms with Gasteiger partial charge in [-0.15, -0.1) is 0 Å². The maximum Gasteiger partial charge on any atom is 0.274 e. The summed E-state index contributed by atoms with van der Waals surface area (Å²) < 4.78 is 10.7. The Morgan fingerprint density at radius 1 is 1.00 bits per heavy atom. The number of hydrogen-bond donors (Lipinski definition) is 5. The van der Waals surface area contributed by atoms with Crippen LogP contribution < -0.4 is 25.6 Å². The van der Waals surface area contributed by atoms with E-state index < -0.39 is 23.8 Å². The van der Waals surface area contributed by atoms with Gasteiger partial charge >= 0.3 is 0 Å². The van der Waals surface area contributed by atoms with Crippen molar-refractivity contribution in [3.05, 3.63) is 95.7 Å². The number of hydroxylamine groups is 1. The number of nitrogens with one attached hydrogen (secondary N) is 4. The van der Waals surface area contributed by atoms with Crippen LogP contribution in [0.3, 0.4) is 0 Å². The average molecular weight is 513 g/mol. The van der Waals surface area contributed by atoms with Crippen molar-refractivity contribution in [2.75, 3.05) is 12.1 Å². The summed E-state index contributed by atoms with van der Waals surface area (Å²) in [5, 5.41) is 15.3. The van der Waals surface area contributed by atoms with E-state index in [-0.39, 0.29) is 18.8 Å². The Hall–Kier alpha value is -5.09. The molecule has 0 bridgehead atoms. The lowest BCUT2D eigenvalue weighted by atomic mass is 10.0. The number of ether oxygens (including phenoxy) is 2. The lowest BCUT2D eigenvalue weighted by Gasteiger charge is -2.18. The second-order valence-electron chi connectivity index (χ2n) is 8.58. The molecule has 1 aliphatic rings. The zero-order valence-corrected chi connectivity index (χ0v) is 20.1. The van der Waals surface area contributed by atoms with Crippen LogP contribution >= 0.6 is 0 Å². The van der Waals surface area contributed by atoms with E-state index in [1.165, 1.54) is 30.3 Å². The average Bonchev–Trinajstić information content (AvgIpc) is 3.58. The molecule has 2 heterocycles. The molecule has 3 aromatic carbocycles. The molecule has 0 saturated heterocycles. The van der Waals surface area contributed by atoms with Gasteiger partial charge in [0.15, 0.2) is 11.5 Å². The molecule has 10 heteroatoms. The highest BCUT2D eigenvalue weighted by atomic mass is 16.7. The highest BCUT2D eigenvalue weighted by molar-refractivity contribution is 6.01. The molecule has 0 fully saturated rings. The molecule has 1 atom stereocenters. The first-order chi connectivity index (χ1) is 18.5. The standard InChI is InChI=1S/C28H24N4O6/c33-26(12-6-17-5-11-24-25(13-17)38-16-37-24)31-23(14-19-15-29-22-4-2-1-3-21(19)22)28(35)30-20-9-7-18(8-10-20)27(34)32-36/h1-13,15,23,29,36H,14,16H2,(H,30,35)(H,31,33)(H,32,34)/b12-6+. The van der Waals surface area contributed by atoms with Crippen LogP contribution in [0.25, 0.3) is 17.0 Å². The molecule has 0 saturated carbocycles. The predicted octanol–water partition coefficient (Wildman–Crippen LogP) is 3.40. The van der Waals surface area contributed by atoms with E-state index in [0.29, 0.717) is 17.2 Å². The highest BCUT2D eigenvalue weighted by Gasteiger charge is 2.22. The number of rotatable bonds is 8. The molecular weight excluding hydrogens is 488 g/mol. The van der Waals surface area contributed by atoms with Crippen LogP contribution in [0, 0.1) is 0 Å². The van der Waals surface area contributed by atoms with Gasteiger partial charge in [-0.1, -0.05) is 24.3 Å². The first kappa shape index (κ1) is 24.6. The van der Waals surface area contributed by atoms with Crippen LogP contribution in [-0.4, -0.2) is 40.7 Å². The van der Waals surface area contributed by atoms with Crippen molar-refractivity contribution >= 4 is 40.4 Å². The highest BCUT2D eigenvalue weighted by Crippen LogP contribution is 2.32. The van der Waals surface area contributed by atoms with Crippen molar-refractivity contribution in [3.8, 4) is 11.5 Å². The van der Waals surface area contributed by atoms with Gasteiger partial charge in [-0.3, -0.25) is 19.6 Å². The van der Waals surface area contributed by atoms with Crippen LogP contribution in [0.4, 0.5) is 5.69 Å². The zero-order chi connectivity index (χ0) is 26.5. The Morgan fingerprint density at radius 3 is 2.61 bits per heavy atom. The lowest BCUT2D eigenvalue weighted by molar-refractivity contribution is -0.123. The van der Waals surface area contributed by atoms with Crippen LogP contribution in [0.5, 0.6) is 11.5 Å². The van der Waals surface area contributed by atoms with Crippen molar-refractivity contribution in [2.45, 2.75) is 12.5 Å². The maximum atomic E-state index is 13.3. The first-order valence-electron chi connectivity index (χ1n) is 11.8. The van der Waals surface area contributed by atoms with Gasteiger partial charge in [0.05, 0.1) is 0 Å². The van der Waals surface area contributed by atoms with Gasteiger partial charge in [0.2, 0.25) is 18.6 Å². The number of benzene rings is 3. The fourth-order valence-electron chi connectivity index (χ4n) is 4.14. The van der Waals surface area contributed by atoms with Crippen molar-refractivity contribution in [3.63, 3.8) is 0 Å². The molecular formula is C28H24N4O6. The Morgan fingerprint density at radius 2 is 1.79 bits per heavy atom. The minimum atomic E-state index is -0.900. The van der Waals surface area contributed by atoms with Gasteiger partial charge in [0.25, 0.3) is 5.91 Å². The zero-order valence-electron chi connectivity index (χ0n) is 20.1. The van der Waals surface area contributed by atoms with E-state index in [1.807, 2.05) is 30.5 Å². The van der Waals surface area contributed by atoms with Crippen molar-refractivity contribution < 1.29 is 29.1 Å². The first-order valence-corrected chi connectivity index (χ1v) is 11.8. The predicted molar refractivity (Wildman–Crippen MR) is 140 cm³/mol. The minimum absolute atomic E-state index is 0.158. The van der Waals surface area contributed by atoms with E-state index in [9.17, 15) is 14.4 Å². The lowest BCUT2D eigenvalue weighted by Crippen LogP contribution is -2.44. The molecule has 4 aromatic rings. The maximum absolute atomic E-state index is 13.3. The smallest absolute Gasteiger partial charge is 0.274 e. The number of hydrogen-bond acceptors (Lipinski definition) is 6. The Bertz CT molecular complexity index is 1530.